The lowest BCUT2D eigenvalue weighted by Gasteiger charge is -2.15. The Hall–Kier alpha value is -2.30. The molecule has 28 heavy (non-hydrogen) atoms. The number of benzene rings is 4. The maximum atomic E-state index is 5.93. The van der Waals surface area contributed by atoms with E-state index >= 15 is 0 Å². The Morgan fingerprint density at radius 3 is 1.43 bits per heavy atom. The Morgan fingerprint density at radius 1 is 0.571 bits per heavy atom. The summed E-state index contributed by atoms with van der Waals surface area (Å²) in [5.74, 6) is 1.86. The summed E-state index contributed by atoms with van der Waals surface area (Å²) in [6.45, 7) is 5.34. The van der Waals surface area contributed by atoms with Crippen molar-refractivity contribution < 1.29 is 9.47 Å². The van der Waals surface area contributed by atoms with Gasteiger partial charge in [-0.25, -0.2) is 0 Å². The van der Waals surface area contributed by atoms with Crippen molar-refractivity contribution in [2.45, 2.75) is 23.6 Å². The van der Waals surface area contributed by atoms with Crippen LogP contribution in [0.15, 0.2) is 82.6 Å². The molecule has 0 aliphatic rings. The minimum atomic E-state index is 0.648. The van der Waals surface area contributed by atoms with Crippen LogP contribution in [0, 0.1) is 0 Å². The predicted molar refractivity (Wildman–Crippen MR) is 122 cm³/mol. The predicted octanol–water partition coefficient (Wildman–Crippen LogP) is 7.59. The summed E-state index contributed by atoms with van der Waals surface area (Å²) in [6.07, 6.45) is 0. The molecule has 4 aromatic rings. The van der Waals surface area contributed by atoms with E-state index in [2.05, 4.69) is 72.8 Å². The van der Waals surface area contributed by atoms with Crippen LogP contribution in [-0.2, 0) is 0 Å². The molecule has 0 fully saturated rings. The van der Waals surface area contributed by atoms with E-state index in [0.717, 1.165) is 21.3 Å². The van der Waals surface area contributed by atoms with Gasteiger partial charge in [0.25, 0.3) is 0 Å². The fourth-order valence-corrected chi connectivity index (χ4v) is 5.91. The van der Waals surface area contributed by atoms with Crippen molar-refractivity contribution in [3.8, 4) is 11.5 Å². The van der Waals surface area contributed by atoms with E-state index in [0.29, 0.717) is 13.2 Å². The third kappa shape index (κ3) is 3.80. The van der Waals surface area contributed by atoms with Gasteiger partial charge in [0.05, 0.1) is 23.0 Å². The quantitative estimate of drug-likeness (QED) is 0.294. The van der Waals surface area contributed by atoms with Crippen LogP contribution in [0.25, 0.3) is 21.5 Å². The van der Waals surface area contributed by atoms with Gasteiger partial charge < -0.3 is 9.47 Å². The third-order valence-corrected chi connectivity index (χ3v) is 7.00. The minimum Gasteiger partial charge on any atom is -0.493 e. The van der Waals surface area contributed by atoms with Crippen molar-refractivity contribution in [3.05, 3.63) is 72.8 Å². The molecule has 4 aromatic carbocycles. The summed E-state index contributed by atoms with van der Waals surface area (Å²) < 4.78 is 11.9. The molecule has 4 heteroatoms. The summed E-state index contributed by atoms with van der Waals surface area (Å²) in [6, 6.07) is 25.3. The van der Waals surface area contributed by atoms with Crippen molar-refractivity contribution in [2.24, 2.45) is 0 Å². The highest BCUT2D eigenvalue weighted by molar-refractivity contribution is 8.76. The molecular formula is C24H22O2S2. The fourth-order valence-electron chi connectivity index (χ4n) is 3.24. The van der Waals surface area contributed by atoms with Crippen LogP contribution in [0.3, 0.4) is 0 Å². The van der Waals surface area contributed by atoms with Gasteiger partial charge in [-0.3, -0.25) is 0 Å². The molecule has 0 radical (unpaired) electrons. The van der Waals surface area contributed by atoms with Crippen LogP contribution < -0.4 is 9.47 Å². The molecule has 0 aliphatic heterocycles. The van der Waals surface area contributed by atoms with Gasteiger partial charge in [0.1, 0.15) is 11.5 Å². The molecule has 0 amide bonds. The molecule has 2 nitrogen and oxygen atoms in total. The number of ether oxygens (including phenoxy) is 2. The minimum absolute atomic E-state index is 0.648. The van der Waals surface area contributed by atoms with Gasteiger partial charge in [0.2, 0.25) is 0 Å². The summed E-state index contributed by atoms with van der Waals surface area (Å²) in [4.78, 5) is 2.31. The first kappa shape index (κ1) is 19.0. The summed E-state index contributed by atoms with van der Waals surface area (Å²) in [5, 5.41) is 4.86. The van der Waals surface area contributed by atoms with Crippen LogP contribution in [0.2, 0.25) is 0 Å². The topological polar surface area (TPSA) is 18.5 Å². The average Bonchev–Trinajstić information content (AvgIpc) is 2.74. The molecule has 142 valence electrons. The average molecular weight is 407 g/mol. The van der Waals surface area contributed by atoms with E-state index in [1.54, 1.807) is 21.6 Å². The maximum absolute atomic E-state index is 5.93. The Kier molecular flexibility index (Phi) is 5.98. The van der Waals surface area contributed by atoms with Crippen LogP contribution in [0.5, 0.6) is 11.5 Å². The van der Waals surface area contributed by atoms with Crippen LogP contribution in [0.1, 0.15) is 13.8 Å². The normalized spacial score (nSPS) is 11.1. The molecule has 0 saturated heterocycles. The maximum Gasteiger partial charge on any atom is 0.134 e. The molecule has 0 spiro atoms. The van der Waals surface area contributed by atoms with Gasteiger partial charge in [-0.05, 0) is 69.1 Å². The Labute approximate surface area is 173 Å². The summed E-state index contributed by atoms with van der Waals surface area (Å²) in [5.41, 5.74) is 0. The van der Waals surface area contributed by atoms with Crippen molar-refractivity contribution in [1.29, 1.82) is 0 Å². The van der Waals surface area contributed by atoms with Gasteiger partial charge in [0, 0.05) is 0 Å². The van der Waals surface area contributed by atoms with E-state index in [1.807, 2.05) is 13.8 Å². The van der Waals surface area contributed by atoms with Crippen LogP contribution in [0.4, 0.5) is 0 Å². The second-order valence-electron chi connectivity index (χ2n) is 6.26. The van der Waals surface area contributed by atoms with Gasteiger partial charge in [-0.1, -0.05) is 60.7 Å². The standard InChI is InChI=1S/C24H22O2S2/c1-3-25-21-15-13-17-9-5-7-11-19(17)23(21)27-28-24-20-12-8-6-10-18(20)14-16-22(24)26-4-2/h5-16H,3-4H2,1-2H3. The molecule has 0 aliphatic carbocycles. The number of fused-ring (bicyclic) bond motifs is 2. The second-order valence-corrected chi connectivity index (χ2v) is 8.41. The van der Waals surface area contributed by atoms with E-state index in [4.69, 9.17) is 9.47 Å². The van der Waals surface area contributed by atoms with Crippen LogP contribution >= 0.6 is 21.6 Å². The van der Waals surface area contributed by atoms with Crippen molar-refractivity contribution in [3.63, 3.8) is 0 Å². The monoisotopic (exact) mass is 406 g/mol. The second kappa shape index (κ2) is 8.80. The molecule has 0 N–H and O–H groups in total. The first-order valence-corrected chi connectivity index (χ1v) is 11.6. The van der Waals surface area contributed by atoms with Gasteiger partial charge in [-0.2, -0.15) is 0 Å². The Bertz CT molecular complexity index is 1020. The zero-order valence-corrected chi connectivity index (χ0v) is 17.6. The molecule has 0 aromatic heterocycles. The van der Waals surface area contributed by atoms with Crippen molar-refractivity contribution >= 4 is 43.1 Å². The first-order chi connectivity index (χ1) is 13.8. The van der Waals surface area contributed by atoms with Gasteiger partial charge >= 0.3 is 0 Å². The number of hydrogen-bond acceptors (Lipinski definition) is 4. The van der Waals surface area contributed by atoms with E-state index in [1.165, 1.54) is 21.5 Å². The SMILES string of the molecule is CCOc1ccc2ccccc2c1SSc1c(OCC)ccc2ccccc12. The first-order valence-electron chi connectivity index (χ1n) is 9.45. The third-order valence-electron chi connectivity index (χ3n) is 4.49. The van der Waals surface area contributed by atoms with Gasteiger partial charge in [-0.15, -0.1) is 0 Å². The highest BCUT2D eigenvalue weighted by Gasteiger charge is 2.14. The Morgan fingerprint density at radius 2 is 1.00 bits per heavy atom. The summed E-state index contributed by atoms with van der Waals surface area (Å²) in [7, 11) is 3.47. The molecule has 0 saturated carbocycles. The molecule has 0 heterocycles. The molecular weight excluding hydrogens is 384 g/mol. The number of hydrogen-bond donors (Lipinski definition) is 0. The molecule has 4 rings (SSSR count). The van der Waals surface area contributed by atoms with Crippen molar-refractivity contribution in [1.82, 2.24) is 0 Å². The molecule has 0 atom stereocenters. The lowest BCUT2D eigenvalue weighted by Crippen LogP contribution is -1.94. The van der Waals surface area contributed by atoms with E-state index in [9.17, 15) is 0 Å². The Balaban J connectivity index is 1.77. The van der Waals surface area contributed by atoms with Gasteiger partial charge in [0.15, 0.2) is 0 Å². The van der Waals surface area contributed by atoms with Crippen LogP contribution in [-0.4, -0.2) is 13.2 Å². The molecule has 0 unspecified atom stereocenters. The van der Waals surface area contributed by atoms with E-state index < -0.39 is 0 Å². The lowest BCUT2D eigenvalue weighted by atomic mass is 10.1. The molecule has 0 bridgehead atoms. The highest BCUT2D eigenvalue weighted by Crippen LogP contribution is 2.49. The number of rotatable bonds is 7. The largest absolute Gasteiger partial charge is 0.493 e. The van der Waals surface area contributed by atoms with Crippen molar-refractivity contribution in [2.75, 3.05) is 13.2 Å². The highest BCUT2D eigenvalue weighted by atomic mass is 33.1. The zero-order chi connectivity index (χ0) is 19.3. The smallest absolute Gasteiger partial charge is 0.134 e. The fraction of sp³-hybridized carbons (Fsp3) is 0.167. The van der Waals surface area contributed by atoms with E-state index in [-0.39, 0.29) is 0 Å². The zero-order valence-electron chi connectivity index (χ0n) is 16.0. The lowest BCUT2D eigenvalue weighted by molar-refractivity contribution is 0.333. The summed E-state index contributed by atoms with van der Waals surface area (Å²) >= 11 is 0.